The maximum absolute atomic E-state index is 13.5. The molecule has 8 nitrogen and oxygen atoms in total. The molecular weight excluding hydrogens is 414 g/mol. The molecule has 1 aliphatic heterocycles. The normalized spacial score (nSPS) is 14.6. The molecule has 1 heterocycles. The predicted octanol–water partition coefficient (Wildman–Crippen LogP) is 3.60. The number of amides is 1. The van der Waals surface area contributed by atoms with E-state index in [9.17, 15) is 9.59 Å². The van der Waals surface area contributed by atoms with E-state index in [-0.39, 0.29) is 17.1 Å². The van der Waals surface area contributed by atoms with Gasteiger partial charge in [-0.25, -0.2) is 4.79 Å². The lowest BCUT2D eigenvalue weighted by atomic mass is 10.0. The fourth-order valence-electron chi connectivity index (χ4n) is 3.56. The van der Waals surface area contributed by atoms with Gasteiger partial charge in [0.05, 0.1) is 52.4 Å². The lowest BCUT2D eigenvalue weighted by Crippen LogP contribution is -2.24. The molecule has 0 saturated carbocycles. The molecule has 1 amide bonds. The number of allylic oxidation sites excluding steroid dienone is 1. The molecule has 0 aliphatic carbocycles. The number of esters is 1. The number of benzene rings is 2. The van der Waals surface area contributed by atoms with Crippen molar-refractivity contribution in [2.45, 2.75) is 6.92 Å². The maximum Gasteiger partial charge on any atom is 0.340 e. The van der Waals surface area contributed by atoms with Gasteiger partial charge >= 0.3 is 5.97 Å². The molecule has 0 aromatic heterocycles. The van der Waals surface area contributed by atoms with Crippen molar-refractivity contribution in [2.24, 2.45) is 0 Å². The minimum atomic E-state index is -0.606. The monoisotopic (exact) mass is 439 g/mol. The van der Waals surface area contributed by atoms with Crippen molar-refractivity contribution < 1.29 is 33.3 Å². The van der Waals surface area contributed by atoms with Crippen LogP contribution in [0.1, 0.15) is 12.5 Å². The number of anilines is 1. The van der Waals surface area contributed by atoms with Crippen LogP contribution in [0.4, 0.5) is 5.69 Å². The molecule has 3 rings (SSSR count). The van der Waals surface area contributed by atoms with Gasteiger partial charge in [-0.15, -0.1) is 0 Å². The van der Waals surface area contributed by atoms with Gasteiger partial charge in [-0.2, -0.15) is 0 Å². The van der Waals surface area contributed by atoms with Crippen LogP contribution in [0, 0.1) is 0 Å². The van der Waals surface area contributed by atoms with E-state index in [2.05, 4.69) is 0 Å². The third-order valence-electron chi connectivity index (χ3n) is 5.13. The first-order valence-electron chi connectivity index (χ1n) is 9.69. The Hall–Kier alpha value is -3.94. The number of ether oxygens (including phenoxy) is 5. The highest BCUT2D eigenvalue weighted by Gasteiger charge is 2.38. The second kappa shape index (κ2) is 9.47. The Morgan fingerprint density at radius 3 is 1.94 bits per heavy atom. The Morgan fingerprint density at radius 1 is 0.812 bits per heavy atom. The molecule has 0 saturated heterocycles. The average molecular weight is 439 g/mol. The van der Waals surface area contributed by atoms with Crippen LogP contribution in [0.2, 0.25) is 0 Å². The number of methoxy groups -OCH3 is 5. The van der Waals surface area contributed by atoms with Gasteiger partial charge in [0.15, 0.2) is 23.0 Å². The summed E-state index contributed by atoms with van der Waals surface area (Å²) >= 11 is 0. The molecule has 0 unspecified atom stereocenters. The van der Waals surface area contributed by atoms with Crippen molar-refractivity contribution in [3.05, 3.63) is 58.8 Å². The van der Waals surface area contributed by atoms with Crippen molar-refractivity contribution in [2.75, 3.05) is 40.4 Å². The van der Waals surface area contributed by atoms with Crippen LogP contribution in [-0.4, -0.2) is 47.4 Å². The second-order valence-corrected chi connectivity index (χ2v) is 6.80. The van der Waals surface area contributed by atoms with Crippen LogP contribution in [-0.2, 0) is 14.3 Å². The van der Waals surface area contributed by atoms with Crippen LogP contribution >= 0.6 is 0 Å². The van der Waals surface area contributed by atoms with Gasteiger partial charge < -0.3 is 23.7 Å². The first-order chi connectivity index (χ1) is 15.4. The van der Waals surface area contributed by atoms with Crippen molar-refractivity contribution in [1.29, 1.82) is 0 Å². The Labute approximate surface area is 186 Å². The zero-order valence-electron chi connectivity index (χ0n) is 18.8. The maximum atomic E-state index is 13.5. The van der Waals surface area contributed by atoms with Crippen molar-refractivity contribution in [1.82, 2.24) is 0 Å². The SMILES string of the molecule is COC(=O)C1=C(C)N(c2ccc(OC)c(OC)c2)C(=O)/C1=C\c1ccc(OC)c(OC)c1. The molecule has 0 fully saturated rings. The fraction of sp³-hybridized carbons (Fsp3) is 0.250. The molecule has 0 atom stereocenters. The average Bonchev–Trinajstić information content (AvgIpc) is 3.06. The zero-order valence-corrected chi connectivity index (χ0v) is 18.8. The van der Waals surface area contributed by atoms with Crippen molar-refractivity contribution in [3.8, 4) is 23.0 Å². The molecule has 168 valence electrons. The topological polar surface area (TPSA) is 83.5 Å². The first-order valence-corrected chi connectivity index (χ1v) is 9.69. The van der Waals surface area contributed by atoms with Crippen molar-refractivity contribution >= 4 is 23.6 Å². The van der Waals surface area contributed by atoms with Crippen LogP contribution in [0.5, 0.6) is 23.0 Å². The number of hydrogen-bond donors (Lipinski definition) is 0. The summed E-state index contributed by atoms with van der Waals surface area (Å²) in [7, 11) is 7.39. The van der Waals surface area contributed by atoms with Crippen LogP contribution < -0.4 is 23.8 Å². The minimum absolute atomic E-state index is 0.182. The van der Waals surface area contributed by atoms with Gasteiger partial charge in [0, 0.05) is 11.8 Å². The van der Waals surface area contributed by atoms with Crippen molar-refractivity contribution in [3.63, 3.8) is 0 Å². The predicted molar refractivity (Wildman–Crippen MR) is 119 cm³/mol. The van der Waals surface area contributed by atoms with E-state index in [0.717, 1.165) is 0 Å². The molecule has 2 aromatic rings. The quantitative estimate of drug-likeness (QED) is 0.481. The Morgan fingerprint density at radius 2 is 1.38 bits per heavy atom. The molecule has 32 heavy (non-hydrogen) atoms. The highest BCUT2D eigenvalue weighted by molar-refractivity contribution is 6.23. The number of carbonyl (C=O) groups is 2. The summed E-state index contributed by atoms with van der Waals surface area (Å²) in [5.74, 6) is 1.07. The molecule has 2 aromatic carbocycles. The summed E-state index contributed by atoms with van der Waals surface area (Å²) in [6.07, 6.45) is 1.63. The Kier molecular flexibility index (Phi) is 6.73. The van der Waals surface area contributed by atoms with E-state index < -0.39 is 5.97 Å². The highest BCUT2D eigenvalue weighted by Crippen LogP contribution is 2.39. The molecular formula is C24H25NO7. The van der Waals surface area contributed by atoms with E-state index >= 15 is 0 Å². The van der Waals surface area contributed by atoms with Crippen LogP contribution in [0.25, 0.3) is 6.08 Å². The molecule has 0 bridgehead atoms. The zero-order chi connectivity index (χ0) is 23.4. The van der Waals surface area contributed by atoms with Gasteiger partial charge in [0.1, 0.15) is 0 Å². The van der Waals surface area contributed by atoms with Gasteiger partial charge in [0.25, 0.3) is 5.91 Å². The molecule has 0 radical (unpaired) electrons. The van der Waals surface area contributed by atoms with E-state index in [1.807, 2.05) is 0 Å². The summed E-state index contributed by atoms with van der Waals surface area (Å²) in [5.41, 5.74) is 2.02. The standard InChI is InChI=1S/C24H25NO7/c1-14-22(24(27)32-6)17(11-15-7-9-18(28-2)20(12-15)30-4)23(26)25(14)16-8-10-19(29-3)21(13-16)31-5/h7-13H,1-6H3/b17-11-. The molecule has 0 N–H and O–H groups in total. The van der Waals surface area contributed by atoms with Gasteiger partial charge in [-0.1, -0.05) is 6.07 Å². The van der Waals surface area contributed by atoms with E-state index in [1.165, 1.54) is 33.3 Å². The minimum Gasteiger partial charge on any atom is -0.493 e. The summed E-state index contributed by atoms with van der Waals surface area (Å²) in [5, 5.41) is 0. The first kappa shape index (κ1) is 22.7. The molecule has 0 spiro atoms. The largest absolute Gasteiger partial charge is 0.493 e. The van der Waals surface area contributed by atoms with Gasteiger partial charge in [0.2, 0.25) is 0 Å². The smallest absolute Gasteiger partial charge is 0.340 e. The fourth-order valence-corrected chi connectivity index (χ4v) is 3.56. The summed E-state index contributed by atoms with van der Waals surface area (Å²) in [6, 6.07) is 10.3. The van der Waals surface area contributed by atoms with E-state index in [4.69, 9.17) is 23.7 Å². The number of hydrogen-bond acceptors (Lipinski definition) is 7. The lowest BCUT2D eigenvalue weighted by molar-refractivity contribution is -0.136. The lowest BCUT2D eigenvalue weighted by Gasteiger charge is -2.19. The number of carbonyl (C=O) groups excluding carboxylic acids is 2. The van der Waals surface area contributed by atoms with E-state index in [0.29, 0.717) is 39.9 Å². The van der Waals surface area contributed by atoms with Gasteiger partial charge in [-0.3, -0.25) is 9.69 Å². The van der Waals surface area contributed by atoms with Crippen LogP contribution in [0.15, 0.2) is 53.2 Å². The summed E-state index contributed by atoms with van der Waals surface area (Å²) < 4.78 is 26.2. The Balaban J connectivity index is 2.13. The third-order valence-corrected chi connectivity index (χ3v) is 5.13. The summed E-state index contributed by atoms with van der Waals surface area (Å²) in [6.45, 7) is 1.69. The highest BCUT2D eigenvalue weighted by atomic mass is 16.5. The van der Waals surface area contributed by atoms with Crippen LogP contribution in [0.3, 0.4) is 0 Å². The summed E-state index contributed by atoms with van der Waals surface area (Å²) in [4.78, 5) is 27.5. The number of rotatable bonds is 7. The van der Waals surface area contributed by atoms with Gasteiger partial charge in [-0.05, 0) is 42.8 Å². The second-order valence-electron chi connectivity index (χ2n) is 6.80. The molecule has 8 heteroatoms. The number of nitrogens with zero attached hydrogens (tertiary/aromatic N) is 1. The Bertz CT molecular complexity index is 1120. The molecule has 1 aliphatic rings. The van der Waals surface area contributed by atoms with E-state index in [1.54, 1.807) is 56.5 Å². The third kappa shape index (κ3) is 3.99.